The standard InChI is InChI=1S/C21H26N4O6/c26-17(8-3-1-2-4-9-19(28)24-31)22-15-7-5-6-13-14(15)12-25(21(13)30)16-10-11-18(27)23-20(16)29/h5-7,16,31H,1-4,8-12H2,(H,22,26)(H,24,28)(H,23,27,29). The molecule has 0 radical (unpaired) electrons. The molecule has 10 heteroatoms. The first-order valence-corrected chi connectivity index (χ1v) is 10.4. The molecular weight excluding hydrogens is 404 g/mol. The Balaban J connectivity index is 1.53. The van der Waals surface area contributed by atoms with Crippen molar-refractivity contribution in [2.24, 2.45) is 0 Å². The van der Waals surface area contributed by atoms with Crippen molar-refractivity contribution in [2.45, 2.75) is 64.0 Å². The summed E-state index contributed by atoms with van der Waals surface area (Å²) in [7, 11) is 0. The summed E-state index contributed by atoms with van der Waals surface area (Å²) in [6.07, 6.45) is 3.87. The van der Waals surface area contributed by atoms with Crippen LogP contribution in [0.5, 0.6) is 0 Å². The Morgan fingerprint density at radius 1 is 1.06 bits per heavy atom. The number of carbonyl (C=O) groups excluding carboxylic acids is 5. The minimum Gasteiger partial charge on any atom is -0.326 e. The van der Waals surface area contributed by atoms with E-state index in [9.17, 15) is 24.0 Å². The molecule has 1 atom stereocenters. The van der Waals surface area contributed by atoms with Gasteiger partial charge in [-0.15, -0.1) is 0 Å². The quantitative estimate of drug-likeness (QED) is 0.201. The molecule has 0 bridgehead atoms. The summed E-state index contributed by atoms with van der Waals surface area (Å²) in [4.78, 5) is 61.1. The van der Waals surface area contributed by atoms with Crippen LogP contribution in [-0.4, -0.2) is 45.7 Å². The van der Waals surface area contributed by atoms with Crippen LogP contribution in [0.1, 0.15) is 67.3 Å². The van der Waals surface area contributed by atoms with Crippen LogP contribution in [0.3, 0.4) is 0 Å². The Kier molecular flexibility index (Phi) is 7.35. The largest absolute Gasteiger partial charge is 0.326 e. The molecule has 2 aliphatic rings. The predicted octanol–water partition coefficient (Wildman–Crippen LogP) is 1.23. The molecule has 3 rings (SSSR count). The first-order chi connectivity index (χ1) is 14.9. The van der Waals surface area contributed by atoms with E-state index in [1.165, 1.54) is 4.90 Å². The number of hydrogen-bond acceptors (Lipinski definition) is 6. The fourth-order valence-corrected chi connectivity index (χ4v) is 3.90. The molecule has 0 saturated carbocycles. The lowest BCUT2D eigenvalue weighted by Gasteiger charge is -2.29. The van der Waals surface area contributed by atoms with Gasteiger partial charge in [-0.2, -0.15) is 0 Å². The second-order valence-corrected chi connectivity index (χ2v) is 7.73. The molecule has 166 valence electrons. The summed E-state index contributed by atoms with van der Waals surface area (Å²) < 4.78 is 0. The Hall–Kier alpha value is -3.27. The van der Waals surface area contributed by atoms with Crippen LogP contribution in [0.15, 0.2) is 18.2 Å². The molecule has 1 fully saturated rings. The fraction of sp³-hybridized carbons (Fsp3) is 0.476. The summed E-state index contributed by atoms with van der Waals surface area (Å²) in [5.74, 6) is -1.69. The highest BCUT2D eigenvalue weighted by molar-refractivity contribution is 6.06. The molecule has 1 aromatic carbocycles. The number of imide groups is 1. The summed E-state index contributed by atoms with van der Waals surface area (Å²) in [5, 5.41) is 13.6. The van der Waals surface area contributed by atoms with Gasteiger partial charge in [-0.05, 0) is 31.4 Å². The molecule has 2 aliphatic heterocycles. The second-order valence-electron chi connectivity index (χ2n) is 7.73. The Bertz CT molecular complexity index is 900. The molecule has 0 spiro atoms. The highest BCUT2D eigenvalue weighted by atomic mass is 16.5. The van der Waals surface area contributed by atoms with E-state index in [2.05, 4.69) is 10.6 Å². The van der Waals surface area contributed by atoms with E-state index in [4.69, 9.17) is 5.21 Å². The molecule has 0 aromatic heterocycles. The first kappa shape index (κ1) is 22.4. The molecule has 1 aromatic rings. The molecule has 1 unspecified atom stereocenters. The zero-order valence-corrected chi connectivity index (χ0v) is 17.1. The maximum atomic E-state index is 12.8. The minimum atomic E-state index is -0.700. The number of fused-ring (bicyclic) bond motifs is 1. The van der Waals surface area contributed by atoms with Crippen molar-refractivity contribution in [1.82, 2.24) is 15.7 Å². The molecular formula is C21H26N4O6. The average molecular weight is 430 g/mol. The van der Waals surface area contributed by atoms with Crippen molar-refractivity contribution in [3.63, 3.8) is 0 Å². The lowest BCUT2D eigenvalue weighted by molar-refractivity contribution is -0.137. The number of hydroxylamine groups is 1. The Morgan fingerprint density at radius 3 is 2.45 bits per heavy atom. The number of hydrogen-bond donors (Lipinski definition) is 4. The monoisotopic (exact) mass is 430 g/mol. The van der Waals surface area contributed by atoms with E-state index in [0.29, 0.717) is 36.1 Å². The first-order valence-electron chi connectivity index (χ1n) is 10.4. The van der Waals surface area contributed by atoms with E-state index in [-0.39, 0.29) is 43.5 Å². The van der Waals surface area contributed by atoms with Gasteiger partial charge in [0.1, 0.15) is 6.04 Å². The maximum absolute atomic E-state index is 12.8. The van der Waals surface area contributed by atoms with Gasteiger partial charge in [-0.25, -0.2) is 5.48 Å². The zero-order valence-electron chi connectivity index (χ0n) is 17.1. The third-order valence-electron chi connectivity index (χ3n) is 5.54. The number of rotatable bonds is 9. The molecule has 1 saturated heterocycles. The Labute approximate surface area is 179 Å². The lowest BCUT2D eigenvalue weighted by Crippen LogP contribution is -2.52. The van der Waals surface area contributed by atoms with Gasteiger partial charge in [-0.1, -0.05) is 18.9 Å². The average Bonchev–Trinajstić information content (AvgIpc) is 3.08. The number of benzene rings is 1. The molecule has 31 heavy (non-hydrogen) atoms. The van der Waals surface area contributed by atoms with Gasteiger partial charge in [-0.3, -0.25) is 34.5 Å². The lowest BCUT2D eigenvalue weighted by atomic mass is 10.0. The van der Waals surface area contributed by atoms with Gasteiger partial charge in [0.05, 0.1) is 0 Å². The third kappa shape index (κ3) is 5.46. The minimum absolute atomic E-state index is 0.173. The van der Waals surface area contributed by atoms with Crippen LogP contribution in [0.25, 0.3) is 0 Å². The van der Waals surface area contributed by atoms with Crippen LogP contribution in [0.4, 0.5) is 5.69 Å². The molecule has 2 heterocycles. The number of anilines is 1. The second kappa shape index (κ2) is 10.2. The molecule has 10 nitrogen and oxygen atoms in total. The van der Waals surface area contributed by atoms with Gasteiger partial charge >= 0.3 is 0 Å². The topological polar surface area (TPSA) is 145 Å². The van der Waals surface area contributed by atoms with E-state index < -0.39 is 17.9 Å². The summed E-state index contributed by atoms with van der Waals surface area (Å²) >= 11 is 0. The molecule has 0 aliphatic carbocycles. The van der Waals surface area contributed by atoms with Crippen molar-refractivity contribution in [2.75, 3.05) is 5.32 Å². The van der Waals surface area contributed by atoms with Crippen LogP contribution in [0.2, 0.25) is 0 Å². The maximum Gasteiger partial charge on any atom is 0.255 e. The number of unbranched alkanes of at least 4 members (excludes halogenated alkanes) is 3. The van der Waals surface area contributed by atoms with Crippen molar-refractivity contribution < 1.29 is 29.2 Å². The number of nitrogens with one attached hydrogen (secondary N) is 3. The van der Waals surface area contributed by atoms with Crippen molar-refractivity contribution in [1.29, 1.82) is 0 Å². The van der Waals surface area contributed by atoms with Gasteiger partial charge < -0.3 is 10.2 Å². The normalized spacial score (nSPS) is 17.9. The van der Waals surface area contributed by atoms with E-state index in [1.807, 2.05) is 0 Å². The molecule has 5 amide bonds. The van der Waals surface area contributed by atoms with Crippen molar-refractivity contribution >= 4 is 35.2 Å². The van der Waals surface area contributed by atoms with E-state index >= 15 is 0 Å². The highest BCUT2D eigenvalue weighted by Gasteiger charge is 2.39. The summed E-state index contributed by atoms with van der Waals surface area (Å²) in [5.41, 5.74) is 3.25. The number of nitrogens with zero attached hydrogens (tertiary/aromatic N) is 1. The van der Waals surface area contributed by atoms with Gasteiger partial charge in [0.25, 0.3) is 5.91 Å². The van der Waals surface area contributed by atoms with Gasteiger partial charge in [0, 0.05) is 42.6 Å². The van der Waals surface area contributed by atoms with Crippen LogP contribution in [-0.2, 0) is 25.7 Å². The van der Waals surface area contributed by atoms with Crippen LogP contribution >= 0.6 is 0 Å². The van der Waals surface area contributed by atoms with Gasteiger partial charge in [0.2, 0.25) is 23.6 Å². The van der Waals surface area contributed by atoms with Crippen molar-refractivity contribution in [3.8, 4) is 0 Å². The fourth-order valence-electron chi connectivity index (χ4n) is 3.90. The third-order valence-corrected chi connectivity index (χ3v) is 5.54. The summed E-state index contributed by atoms with van der Waals surface area (Å²) in [6, 6.07) is 4.38. The molecule has 4 N–H and O–H groups in total. The number of carbonyl (C=O) groups is 5. The summed E-state index contributed by atoms with van der Waals surface area (Å²) in [6.45, 7) is 0.198. The predicted molar refractivity (Wildman–Crippen MR) is 109 cm³/mol. The SMILES string of the molecule is O=C(CCCCCCC(=O)Nc1cccc2c1CN(C1CCC(=O)NC1=O)C2=O)NO. The highest BCUT2D eigenvalue weighted by Crippen LogP contribution is 2.32. The van der Waals surface area contributed by atoms with E-state index in [0.717, 1.165) is 12.8 Å². The van der Waals surface area contributed by atoms with Crippen LogP contribution in [0, 0.1) is 0 Å². The zero-order chi connectivity index (χ0) is 22.4. The van der Waals surface area contributed by atoms with E-state index in [1.54, 1.807) is 23.7 Å². The smallest absolute Gasteiger partial charge is 0.255 e. The Morgan fingerprint density at radius 2 is 1.77 bits per heavy atom. The number of amides is 5. The van der Waals surface area contributed by atoms with Crippen LogP contribution < -0.4 is 16.1 Å². The van der Waals surface area contributed by atoms with Gasteiger partial charge in [0.15, 0.2) is 0 Å². The van der Waals surface area contributed by atoms with Crippen molar-refractivity contribution in [3.05, 3.63) is 29.3 Å². The number of piperidine rings is 1.